The Morgan fingerprint density at radius 1 is 1.11 bits per heavy atom. The van der Waals surface area contributed by atoms with E-state index < -0.39 is 6.36 Å². The molecule has 1 atom stereocenters. The van der Waals surface area contributed by atoms with E-state index in [2.05, 4.69) is 4.74 Å². The van der Waals surface area contributed by atoms with Crippen molar-refractivity contribution in [2.45, 2.75) is 44.5 Å². The molecular formula is C14H18F3NO. The first-order chi connectivity index (χ1) is 8.97. The predicted molar refractivity (Wildman–Crippen MR) is 66.6 cm³/mol. The minimum absolute atomic E-state index is 0.173. The lowest BCUT2D eigenvalue weighted by Crippen LogP contribution is -2.25. The molecule has 2 nitrogen and oxygen atoms in total. The van der Waals surface area contributed by atoms with Crippen molar-refractivity contribution in [2.75, 3.05) is 0 Å². The van der Waals surface area contributed by atoms with E-state index in [-0.39, 0.29) is 17.7 Å². The van der Waals surface area contributed by atoms with Crippen molar-refractivity contribution in [1.82, 2.24) is 0 Å². The number of halogens is 3. The fourth-order valence-corrected chi connectivity index (χ4v) is 2.72. The predicted octanol–water partition coefficient (Wildman–Crippen LogP) is 4.17. The monoisotopic (exact) mass is 273 g/mol. The molecule has 0 radical (unpaired) electrons. The third-order valence-corrected chi connectivity index (χ3v) is 3.66. The van der Waals surface area contributed by atoms with Gasteiger partial charge in [0.15, 0.2) is 0 Å². The van der Waals surface area contributed by atoms with Crippen LogP contribution in [0.2, 0.25) is 0 Å². The van der Waals surface area contributed by atoms with Crippen LogP contribution in [0, 0.1) is 5.92 Å². The minimum atomic E-state index is -4.68. The van der Waals surface area contributed by atoms with Crippen LogP contribution in [0.3, 0.4) is 0 Å². The van der Waals surface area contributed by atoms with Gasteiger partial charge in [0.2, 0.25) is 0 Å². The molecule has 0 bridgehead atoms. The largest absolute Gasteiger partial charge is 0.573 e. The molecule has 5 heteroatoms. The second-order valence-corrected chi connectivity index (χ2v) is 5.01. The highest BCUT2D eigenvalue weighted by Crippen LogP contribution is 2.37. The topological polar surface area (TPSA) is 35.2 Å². The fourth-order valence-electron chi connectivity index (χ4n) is 2.72. The fraction of sp³-hybridized carbons (Fsp3) is 0.571. The summed E-state index contributed by atoms with van der Waals surface area (Å²) in [5.74, 6) is 0.0693. The van der Waals surface area contributed by atoms with Crippen LogP contribution < -0.4 is 10.5 Å². The lowest BCUT2D eigenvalue weighted by Gasteiger charge is -2.28. The van der Waals surface area contributed by atoms with Gasteiger partial charge in [0.1, 0.15) is 5.75 Å². The van der Waals surface area contributed by atoms with Gasteiger partial charge < -0.3 is 10.5 Å². The maximum absolute atomic E-state index is 12.4. The Labute approximate surface area is 110 Å². The van der Waals surface area contributed by atoms with Crippen molar-refractivity contribution in [3.8, 4) is 5.75 Å². The summed E-state index contributed by atoms with van der Waals surface area (Å²) in [6.45, 7) is 0. The third-order valence-electron chi connectivity index (χ3n) is 3.66. The van der Waals surface area contributed by atoms with Crippen molar-refractivity contribution in [2.24, 2.45) is 11.7 Å². The Morgan fingerprint density at radius 2 is 1.74 bits per heavy atom. The maximum Gasteiger partial charge on any atom is 0.573 e. The minimum Gasteiger partial charge on any atom is -0.405 e. The van der Waals surface area contributed by atoms with Gasteiger partial charge in [-0.15, -0.1) is 13.2 Å². The molecular weight excluding hydrogens is 255 g/mol. The third kappa shape index (κ3) is 3.86. The molecule has 0 aromatic heterocycles. The second kappa shape index (κ2) is 5.82. The standard InChI is InChI=1S/C14H18F3NO/c15-14(16,17)19-12-9-5-4-8-11(12)13(18)10-6-2-1-3-7-10/h4-5,8-10,13H,1-3,6-7,18H2/t13-/m0/s1. The summed E-state index contributed by atoms with van der Waals surface area (Å²) in [4.78, 5) is 0. The van der Waals surface area contributed by atoms with Crippen LogP contribution in [0.5, 0.6) is 5.75 Å². The zero-order valence-electron chi connectivity index (χ0n) is 10.6. The molecule has 0 spiro atoms. The molecule has 1 aliphatic carbocycles. The number of nitrogens with two attached hydrogens (primary N) is 1. The summed E-state index contributed by atoms with van der Waals surface area (Å²) in [6, 6.07) is 5.78. The van der Waals surface area contributed by atoms with Gasteiger partial charge in [0.05, 0.1) is 0 Å². The Balaban J connectivity index is 2.18. The smallest absolute Gasteiger partial charge is 0.405 e. The average Bonchev–Trinajstić information content (AvgIpc) is 2.38. The van der Waals surface area contributed by atoms with Gasteiger partial charge >= 0.3 is 6.36 Å². The van der Waals surface area contributed by atoms with Gasteiger partial charge in [0.25, 0.3) is 0 Å². The van der Waals surface area contributed by atoms with Crippen LogP contribution in [0.1, 0.15) is 43.7 Å². The normalized spacial score (nSPS) is 19.2. The van der Waals surface area contributed by atoms with Crippen molar-refractivity contribution in [3.05, 3.63) is 29.8 Å². The SMILES string of the molecule is N[C@H](c1ccccc1OC(F)(F)F)C1CCCCC1. The van der Waals surface area contributed by atoms with E-state index in [9.17, 15) is 13.2 Å². The molecule has 19 heavy (non-hydrogen) atoms. The number of hydrogen-bond acceptors (Lipinski definition) is 2. The molecule has 106 valence electrons. The summed E-state index contributed by atoms with van der Waals surface area (Å²) in [5, 5.41) is 0. The first-order valence-electron chi connectivity index (χ1n) is 6.57. The zero-order valence-corrected chi connectivity index (χ0v) is 10.6. The van der Waals surface area contributed by atoms with E-state index in [0.717, 1.165) is 25.7 Å². The van der Waals surface area contributed by atoms with Crippen molar-refractivity contribution >= 4 is 0 Å². The Bertz CT molecular complexity index is 413. The van der Waals surface area contributed by atoms with Gasteiger partial charge in [-0.25, -0.2) is 0 Å². The van der Waals surface area contributed by atoms with Gasteiger partial charge in [0, 0.05) is 11.6 Å². The Morgan fingerprint density at radius 3 is 2.37 bits per heavy atom. The molecule has 0 unspecified atom stereocenters. The number of benzene rings is 1. The summed E-state index contributed by atoms with van der Waals surface area (Å²) >= 11 is 0. The zero-order chi connectivity index (χ0) is 13.9. The van der Waals surface area contributed by atoms with Crippen LogP contribution in [0.15, 0.2) is 24.3 Å². The molecule has 1 fully saturated rings. The second-order valence-electron chi connectivity index (χ2n) is 5.01. The molecule has 0 heterocycles. The highest BCUT2D eigenvalue weighted by atomic mass is 19.4. The molecule has 1 aliphatic rings. The average molecular weight is 273 g/mol. The van der Waals surface area contributed by atoms with E-state index in [1.807, 2.05) is 0 Å². The van der Waals surface area contributed by atoms with E-state index in [4.69, 9.17) is 5.73 Å². The first kappa shape index (κ1) is 14.2. The van der Waals surface area contributed by atoms with Crippen LogP contribution >= 0.6 is 0 Å². The van der Waals surface area contributed by atoms with Crippen molar-refractivity contribution in [3.63, 3.8) is 0 Å². The molecule has 1 saturated carbocycles. The number of para-hydroxylation sites is 1. The number of ether oxygens (including phenoxy) is 1. The van der Waals surface area contributed by atoms with E-state index in [0.29, 0.717) is 5.56 Å². The summed E-state index contributed by atoms with van der Waals surface area (Å²) in [7, 11) is 0. The maximum atomic E-state index is 12.4. The van der Waals surface area contributed by atoms with E-state index >= 15 is 0 Å². The van der Waals surface area contributed by atoms with Gasteiger partial charge in [-0.2, -0.15) is 0 Å². The summed E-state index contributed by atoms with van der Waals surface area (Å²) in [5.41, 5.74) is 6.59. The molecule has 0 amide bonds. The van der Waals surface area contributed by atoms with Gasteiger partial charge in [-0.1, -0.05) is 37.5 Å². The first-order valence-corrected chi connectivity index (χ1v) is 6.57. The molecule has 0 saturated heterocycles. The lowest BCUT2D eigenvalue weighted by atomic mass is 9.81. The Kier molecular flexibility index (Phi) is 4.34. The number of hydrogen-bond donors (Lipinski definition) is 1. The van der Waals surface area contributed by atoms with Crippen LogP contribution in [-0.2, 0) is 0 Å². The summed E-state index contributed by atoms with van der Waals surface area (Å²) in [6.07, 6.45) is 0.649. The lowest BCUT2D eigenvalue weighted by molar-refractivity contribution is -0.275. The van der Waals surface area contributed by atoms with Crippen LogP contribution in [0.25, 0.3) is 0 Å². The van der Waals surface area contributed by atoms with E-state index in [1.54, 1.807) is 12.1 Å². The van der Waals surface area contributed by atoms with Crippen molar-refractivity contribution < 1.29 is 17.9 Å². The van der Waals surface area contributed by atoms with Gasteiger partial charge in [-0.05, 0) is 24.8 Å². The quantitative estimate of drug-likeness (QED) is 0.897. The molecule has 1 aromatic carbocycles. The highest BCUT2D eigenvalue weighted by molar-refractivity contribution is 5.36. The molecule has 2 N–H and O–H groups in total. The summed E-state index contributed by atoms with van der Waals surface area (Å²) < 4.78 is 41.2. The van der Waals surface area contributed by atoms with Crippen molar-refractivity contribution in [1.29, 1.82) is 0 Å². The molecule has 1 aromatic rings. The number of alkyl halides is 3. The number of rotatable bonds is 3. The van der Waals surface area contributed by atoms with E-state index in [1.165, 1.54) is 18.6 Å². The molecule has 2 rings (SSSR count). The highest BCUT2D eigenvalue weighted by Gasteiger charge is 2.33. The van der Waals surface area contributed by atoms with Gasteiger partial charge in [-0.3, -0.25) is 0 Å². The molecule has 0 aliphatic heterocycles. The Hall–Kier alpha value is -1.23. The van der Waals surface area contributed by atoms with Crippen LogP contribution in [0.4, 0.5) is 13.2 Å². The van der Waals surface area contributed by atoms with Crippen LogP contribution in [-0.4, -0.2) is 6.36 Å².